The van der Waals surface area contributed by atoms with Gasteiger partial charge in [0.1, 0.15) is 5.92 Å². The zero-order chi connectivity index (χ0) is 18.5. The topological polar surface area (TPSA) is 74.6 Å². The average Bonchev–Trinajstić information content (AvgIpc) is 3.17. The minimum atomic E-state index is -1.27. The van der Waals surface area contributed by atoms with E-state index < -0.39 is 17.9 Å². The van der Waals surface area contributed by atoms with Crippen molar-refractivity contribution < 1.29 is 19.8 Å². The Kier molecular flexibility index (Phi) is 5.29. The van der Waals surface area contributed by atoms with Gasteiger partial charge in [-0.05, 0) is 22.6 Å². The Morgan fingerprint density at radius 3 is 1.92 bits per heavy atom. The highest BCUT2D eigenvalue weighted by Gasteiger charge is 2.33. The lowest BCUT2D eigenvalue weighted by molar-refractivity contribution is -0.141. The highest BCUT2D eigenvalue weighted by Crippen LogP contribution is 2.37. The van der Waals surface area contributed by atoms with Crippen LogP contribution < -0.4 is 0 Å². The second-order valence-electron chi connectivity index (χ2n) is 5.62. The lowest BCUT2D eigenvalue weighted by Crippen LogP contribution is -2.21. The highest BCUT2D eigenvalue weighted by molar-refractivity contribution is 7.11. The van der Waals surface area contributed by atoms with Crippen LogP contribution in [0.3, 0.4) is 0 Å². The molecule has 26 heavy (non-hydrogen) atoms. The molecule has 3 aromatic rings. The summed E-state index contributed by atoms with van der Waals surface area (Å²) in [5, 5.41) is 21.7. The van der Waals surface area contributed by atoms with Crippen LogP contribution in [0, 0.1) is 0 Å². The molecule has 1 heterocycles. The first-order chi connectivity index (χ1) is 12.6. The van der Waals surface area contributed by atoms with Crippen LogP contribution in [-0.2, 0) is 9.59 Å². The second kappa shape index (κ2) is 7.80. The van der Waals surface area contributed by atoms with Crippen molar-refractivity contribution in [2.45, 2.75) is 5.92 Å². The molecule has 0 fully saturated rings. The Bertz CT molecular complexity index is 929. The van der Waals surface area contributed by atoms with Crippen molar-refractivity contribution in [1.82, 2.24) is 0 Å². The summed E-state index contributed by atoms with van der Waals surface area (Å²) < 4.78 is 0. The van der Waals surface area contributed by atoms with Gasteiger partial charge in [0, 0.05) is 10.5 Å². The van der Waals surface area contributed by atoms with E-state index in [1.165, 1.54) is 11.3 Å². The molecule has 0 saturated heterocycles. The number of thiophene rings is 1. The van der Waals surface area contributed by atoms with E-state index in [1.807, 2.05) is 17.5 Å². The van der Waals surface area contributed by atoms with Crippen LogP contribution in [0.15, 0.2) is 83.7 Å². The van der Waals surface area contributed by atoms with E-state index in [2.05, 4.69) is 0 Å². The molecule has 4 nitrogen and oxygen atoms in total. The molecule has 5 heteroatoms. The first-order valence-corrected chi connectivity index (χ1v) is 8.82. The molecule has 0 amide bonds. The molecule has 1 unspecified atom stereocenters. The summed E-state index contributed by atoms with van der Waals surface area (Å²) >= 11 is 1.38. The van der Waals surface area contributed by atoms with E-state index in [0.29, 0.717) is 16.7 Å². The maximum atomic E-state index is 12.2. The minimum Gasteiger partial charge on any atom is -0.481 e. The quantitative estimate of drug-likeness (QED) is 0.632. The first kappa shape index (κ1) is 17.6. The zero-order valence-electron chi connectivity index (χ0n) is 13.7. The van der Waals surface area contributed by atoms with Crippen LogP contribution in [0.1, 0.15) is 21.9 Å². The van der Waals surface area contributed by atoms with Gasteiger partial charge in [0.25, 0.3) is 0 Å². The molecule has 0 bridgehead atoms. The molecular weight excluding hydrogens is 348 g/mol. The third-order valence-corrected chi connectivity index (χ3v) is 4.89. The Hall–Kier alpha value is -3.18. The molecule has 0 saturated carbocycles. The number of benzene rings is 2. The van der Waals surface area contributed by atoms with Crippen LogP contribution in [0.4, 0.5) is 0 Å². The minimum absolute atomic E-state index is 0.141. The van der Waals surface area contributed by atoms with E-state index >= 15 is 0 Å². The summed E-state index contributed by atoms with van der Waals surface area (Å²) in [6.45, 7) is 0. The van der Waals surface area contributed by atoms with Gasteiger partial charge >= 0.3 is 11.9 Å². The van der Waals surface area contributed by atoms with Crippen molar-refractivity contribution in [3.8, 4) is 0 Å². The number of carbonyl (C=O) groups is 2. The lowest BCUT2D eigenvalue weighted by atomic mass is 9.85. The number of hydrogen-bond donors (Lipinski definition) is 2. The average molecular weight is 364 g/mol. The van der Waals surface area contributed by atoms with Gasteiger partial charge in [-0.25, -0.2) is 4.79 Å². The number of carboxylic acid groups (broad SMARTS) is 2. The van der Waals surface area contributed by atoms with Crippen molar-refractivity contribution in [3.05, 3.63) is 99.8 Å². The van der Waals surface area contributed by atoms with E-state index in [-0.39, 0.29) is 5.57 Å². The predicted octanol–water partition coefficient (Wildman–Crippen LogP) is 4.50. The predicted molar refractivity (Wildman–Crippen MR) is 101 cm³/mol. The Balaban J connectivity index is 2.34. The Morgan fingerprint density at radius 1 is 0.808 bits per heavy atom. The van der Waals surface area contributed by atoms with Crippen molar-refractivity contribution in [1.29, 1.82) is 0 Å². The van der Waals surface area contributed by atoms with Crippen LogP contribution in [0.25, 0.3) is 5.57 Å². The SMILES string of the molecule is O=C(O)/C(=C(\c1ccccc1)c1cccs1)C(C(=O)O)c1ccccc1. The third-order valence-electron chi connectivity index (χ3n) is 4.00. The summed E-state index contributed by atoms with van der Waals surface area (Å²) in [6.07, 6.45) is 0. The molecule has 0 radical (unpaired) electrons. The molecule has 1 atom stereocenters. The van der Waals surface area contributed by atoms with Crippen molar-refractivity contribution in [2.75, 3.05) is 0 Å². The van der Waals surface area contributed by atoms with Gasteiger partial charge in [0.05, 0.1) is 5.57 Å². The zero-order valence-corrected chi connectivity index (χ0v) is 14.5. The Morgan fingerprint density at radius 2 is 1.42 bits per heavy atom. The van der Waals surface area contributed by atoms with Gasteiger partial charge in [0.2, 0.25) is 0 Å². The van der Waals surface area contributed by atoms with E-state index in [1.54, 1.807) is 60.7 Å². The van der Waals surface area contributed by atoms with Gasteiger partial charge in [-0.3, -0.25) is 4.79 Å². The number of rotatable bonds is 6. The van der Waals surface area contributed by atoms with Gasteiger partial charge in [-0.1, -0.05) is 66.7 Å². The van der Waals surface area contributed by atoms with E-state index in [4.69, 9.17) is 0 Å². The fourth-order valence-electron chi connectivity index (χ4n) is 2.91. The van der Waals surface area contributed by atoms with Gasteiger partial charge in [0.15, 0.2) is 0 Å². The van der Waals surface area contributed by atoms with E-state index in [0.717, 1.165) is 4.88 Å². The second-order valence-corrected chi connectivity index (χ2v) is 6.57. The highest BCUT2D eigenvalue weighted by atomic mass is 32.1. The molecule has 2 aromatic carbocycles. The molecule has 1 aromatic heterocycles. The van der Waals surface area contributed by atoms with Gasteiger partial charge in [-0.15, -0.1) is 11.3 Å². The lowest BCUT2D eigenvalue weighted by Gasteiger charge is -2.18. The maximum absolute atomic E-state index is 12.2. The van der Waals surface area contributed by atoms with Crippen LogP contribution in [0.5, 0.6) is 0 Å². The molecular formula is C21H16O4S. The first-order valence-electron chi connectivity index (χ1n) is 7.94. The fourth-order valence-corrected chi connectivity index (χ4v) is 3.72. The van der Waals surface area contributed by atoms with Gasteiger partial charge < -0.3 is 10.2 Å². The maximum Gasteiger partial charge on any atom is 0.333 e. The summed E-state index contributed by atoms with van der Waals surface area (Å²) in [4.78, 5) is 25.0. The summed E-state index contributed by atoms with van der Waals surface area (Å²) in [6, 6.07) is 21.1. The van der Waals surface area contributed by atoms with Crippen molar-refractivity contribution >= 4 is 28.8 Å². The monoisotopic (exact) mass is 364 g/mol. The Labute approximate surface area is 154 Å². The largest absolute Gasteiger partial charge is 0.481 e. The smallest absolute Gasteiger partial charge is 0.333 e. The van der Waals surface area contributed by atoms with Crippen molar-refractivity contribution in [2.24, 2.45) is 0 Å². The van der Waals surface area contributed by atoms with Crippen LogP contribution in [-0.4, -0.2) is 22.2 Å². The normalized spacial score (nSPS) is 12.9. The molecule has 2 N–H and O–H groups in total. The number of carboxylic acids is 2. The number of hydrogen-bond acceptors (Lipinski definition) is 3. The molecule has 0 aliphatic rings. The van der Waals surface area contributed by atoms with E-state index in [9.17, 15) is 19.8 Å². The summed E-state index contributed by atoms with van der Waals surface area (Å²) in [7, 11) is 0. The fraction of sp³-hybridized carbons (Fsp3) is 0.0476. The molecule has 0 aliphatic heterocycles. The van der Waals surface area contributed by atoms with Crippen LogP contribution >= 0.6 is 11.3 Å². The summed E-state index contributed by atoms with van der Waals surface area (Å²) in [5.74, 6) is -3.71. The summed E-state index contributed by atoms with van der Waals surface area (Å²) in [5.41, 5.74) is 1.40. The standard InChI is InChI=1S/C21H16O4S/c22-20(23)18(15-10-5-2-6-11-15)19(21(24)25)17(16-12-7-13-26-16)14-8-3-1-4-9-14/h1-13,18H,(H,22,23)(H,24,25)/b19-17+. The molecule has 0 aliphatic carbocycles. The van der Waals surface area contributed by atoms with Crippen LogP contribution in [0.2, 0.25) is 0 Å². The third kappa shape index (κ3) is 3.58. The molecule has 130 valence electrons. The van der Waals surface area contributed by atoms with Gasteiger partial charge in [-0.2, -0.15) is 0 Å². The van der Waals surface area contributed by atoms with Crippen molar-refractivity contribution in [3.63, 3.8) is 0 Å². The molecule has 0 spiro atoms. The molecule has 3 rings (SSSR count). The number of aliphatic carboxylic acids is 2.